The third-order valence-electron chi connectivity index (χ3n) is 7.36. The number of carbonyl (C=O) groups is 1. The van der Waals surface area contributed by atoms with Gasteiger partial charge >= 0.3 is 0 Å². The summed E-state index contributed by atoms with van der Waals surface area (Å²) in [6.07, 6.45) is 2.60. The van der Waals surface area contributed by atoms with E-state index >= 15 is 0 Å². The van der Waals surface area contributed by atoms with E-state index in [0.29, 0.717) is 45.2 Å². The Morgan fingerprint density at radius 2 is 1.61 bits per heavy atom. The van der Waals surface area contributed by atoms with Crippen LogP contribution in [0.2, 0.25) is 0 Å². The van der Waals surface area contributed by atoms with Crippen molar-refractivity contribution in [2.24, 2.45) is 0 Å². The lowest BCUT2D eigenvalue weighted by Crippen LogP contribution is -2.49. The molecule has 2 N–H and O–H groups in total. The number of rotatable bonds is 13. The molecule has 0 radical (unpaired) electrons. The van der Waals surface area contributed by atoms with Gasteiger partial charge in [0.2, 0.25) is 16.0 Å². The zero-order valence-electron chi connectivity index (χ0n) is 25.1. The van der Waals surface area contributed by atoms with E-state index in [1.807, 2.05) is 42.5 Å². The van der Waals surface area contributed by atoms with Crippen LogP contribution < -0.4 is 10.4 Å². The number of likely N-dealkylation sites (N-methyl/N-ethyl adjacent to an activating group) is 2. The van der Waals surface area contributed by atoms with Crippen molar-refractivity contribution in [3.05, 3.63) is 58.5 Å². The van der Waals surface area contributed by atoms with Gasteiger partial charge in [-0.3, -0.25) is 14.9 Å². The minimum Gasteiger partial charge on any atom is -0.338 e. The fraction of sp³-hybridized carbons (Fsp3) is 0.444. The van der Waals surface area contributed by atoms with Crippen molar-refractivity contribution in [3.8, 4) is 11.1 Å². The number of hydrogen-bond acceptors (Lipinski definition) is 11. The van der Waals surface area contributed by atoms with Crippen LogP contribution in [-0.2, 0) is 26.8 Å². The zero-order chi connectivity index (χ0) is 32.1. The van der Waals surface area contributed by atoms with Gasteiger partial charge in [0, 0.05) is 83.7 Å². The number of hydrogen-bond donors (Lipinski definition) is 2. The SMILES string of the molecule is CCN(CCN(C)Cc1sccc1-c1ccc(S(=O)(=O)N2CCN(c3ncc(C(=O)NO)cn3)CC2)cc1)S(=O)(=O)N(C)C. The summed E-state index contributed by atoms with van der Waals surface area (Å²) in [7, 11) is -2.20. The summed E-state index contributed by atoms with van der Waals surface area (Å²) in [5, 5.41) is 10.7. The molecule has 14 nitrogen and oxygen atoms in total. The molecule has 0 atom stereocenters. The van der Waals surface area contributed by atoms with E-state index < -0.39 is 26.1 Å². The molecular formula is C27H38N8O6S3. The second-order valence-corrected chi connectivity index (χ2v) is 15.5. The van der Waals surface area contributed by atoms with Gasteiger partial charge in [-0.25, -0.2) is 23.9 Å². The van der Waals surface area contributed by atoms with Crippen molar-refractivity contribution in [2.75, 3.05) is 71.9 Å². The topological polar surface area (TPSA) is 160 Å². The molecule has 44 heavy (non-hydrogen) atoms. The summed E-state index contributed by atoms with van der Waals surface area (Å²) in [5.74, 6) is -0.338. The van der Waals surface area contributed by atoms with Crippen LogP contribution in [-0.4, -0.2) is 123 Å². The van der Waals surface area contributed by atoms with Gasteiger partial charge in [0.25, 0.3) is 16.1 Å². The average molecular weight is 667 g/mol. The van der Waals surface area contributed by atoms with Gasteiger partial charge in [0.1, 0.15) is 0 Å². The molecule has 0 spiro atoms. The molecule has 2 aromatic heterocycles. The number of nitrogens with one attached hydrogen (secondary N) is 1. The van der Waals surface area contributed by atoms with Gasteiger partial charge in [0.15, 0.2) is 0 Å². The predicted octanol–water partition coefficient (Wildman–Crippen LogP) is 1.40. The molecule has 1 saturated heterocycles. The van der Waals surface area contributed by atoms with E-state index in [-0.39, 0.29) is 23.5 Å². The van der Waals surface area contributed by atoms with Crippen LogP contribution in [0.15, 0.2) is 53.0 Å². The van der Waals surface area contributed by atoms with Crippen molar-refractivity contribution < 1.29 is 26.8 Å². The summed E-state index contributed by atoms with van der Waals surface area (Å²) in [5.41, 5.74) is 3.55. The second kappa shape index (κ2) is 14.4. The molecule has 0 saturated carbocycles. The van der Waals surface area contributed by atoms with Crippen LogP contribution >= 0.6 is 11.3 Å². The fourth-order valence-corrected chi connectivity index (χ4v) is 8.24. The summed E-state index contributed by atoms with van der Waals surface area (Å²) < 4.78 is 55.9. The molecule has 1 aromatic carbocycles. The summed E-state index contributed by atoms with van der Waals surface area (Å²) >= 11 is 1.60. The lowest BCUT2D eigenvalue weighted by atomic mass is 10.1. The highest BCUT2D eigenvalue weighted by molar-refractivity contribution is 7.89. The molecule has 1 aliphatic heterocycles. The highest BCUT2D eigenvalue weighted by Gasteiger charge is 2.29. The lowest BCUT2D eigenvalue weighted by molar-refractivity contribution is 0.0705. The Bertz CT molecular complexity index is 1620. The normalized spacial score (nSPS) is 15.0. The number of amides is 1. The van der Waals surface area contributed by atoms with Gasteiger partial charge in [-0.15, -0.1) is 11.3 Å². The number of sulfonamides is 1. The number of aromatic nitrogens is 2. The van der Waals surface area contributed by atoms with Crippen molar-refractivity contribution in [2.45, 2.75) is 18.4 Å². The first-order valence-electron chi connectivity index (χ1n) is 13.9. The van der Waals surface area contributed by atoms with E-state index in [1.165, 1.54) is 44.9 Å². The smallest absolute Gasteiger partial charge is 0.281 e. The molecule has 1 fully saturated rings. The van der Waals surface area contributed by atoms with Crippen LogP contribution in [0.25, 0.3) is 11.1 Å². The molecule has 3 aromatic rings. The molecule has 3 heterocycles. The third kappa shape index (κ3) is 7.60. The van der Waals surface area contributed by atoms with Gasteiger partial charge in [0.05, 0.1) is 10.5 Å². The fourth-order valence-electron chi connectivity index (χ4n) is 4.74. The Morgan fingerprint density at radius 3 is 2.18 bits per heavy atom. The molecule has 4 rings (SSSR count). The number of anilines is 1. The van der Waals surface area contributed by atoms with Gasteiger partial charge in [-0.05, 0) is 41.8 Å². The molecule has 17 heteroatoms. The van der Waals surface area contributed by atoms with Crippen molar-refractivity contribution in [1.82, 2.24) is 33.3 Å². The Labute approximate surface area is 262 Å². The van der Waals surface area contributed by atoms with E-state index in [9.17, 15) is 21.6 Å². The average Bonchev–Trinajstić information content (AvgIpc) is 3.48. The number of carbonyl (C=O) groups excluding carboxylic acids is 1. The minimum atomic E-state index is -3.72. The first-order valence-corrected chi connectivity index (χ1v) is 17.6. The maximum atomic E-state index is 13.4. The molecule has 0 unspecified atom stereocenters. The van der Waals surface area contributed by atoms with Crippen LogP contribution in [0.5, 0.6) is 0 Å². The van der Waals surface area contributed by atoms with E-state index in [2.05, 4.69) is 14.9 Å². The number of piperazine rings is 1. The largest absolute Gasteiger partial charge is 0.338 e. The first-order chi connectivity index (χ1) is 20.9. The van der Waals surface area contributed by atoms with E-state index in [0.717, 1.165) is 16.0 Å². The van der Waals surface area contributed by atoms with Crippen LogP contribution in [0, 0.1) is 0 Å². The Morgan fingerprint density at radius 1 is 0.977 bits per heavy atom. The van der Waals surface area contributed by atoms with E-state index in [4.69, 9.17) is 5.21 Å². The summed E-state index contributed by atoms with van der Waals surface area (Å²) in [6.45, 7) is 5.02. The van der Waals surface area contributed by atoms with Crippen LogP contribution in [0.3, 0.4) is 0 Å². The Kier molecular flexibility index (Phi) is 11.1. The van der Waals surface area contributed by atoms with Gasteiger partial charge in [-0.2, -0.15) is 21.3 Å². The minimum absolute atomic E-state index is 0.110. The maximum Gasteiger partial charge on any atom is 0.281 e. The van der Waals surface area contributed by atoms with E-state index in [1.54, 1.807) is 23.5 Å². The van der Waals surface area contributed by atoms with Crippen molar-refractivity contribution in [3.63, 3.8) is 0 Å². The number of benzene rings is 1. The molecule has 1 aliphatic rings. The molecule has 0 aliphatic carbocycles. The van der Waals surface area contributed by atoms with Crippen molar-refractivity contribution >= 4 is 43.4 Å². The summed E-state index contributed by atoms with van der Waals surface area (Å²) in [6, 6.07) is 8.89. The second-order valence-electron chi connectivity index (χ2n) is 10.4. The molecule has 0 bridgehead atoms. The maximum absolute atomic E-state index is 13.4. The molecule has 1 amide bonds. The van der Waals surface area contributed by atoms with Crippen LogP contribution in [0.4, 0.5) is 5.95 Å². The lowest BCUT2D eigenvalue weighted by Gasteiger charge is -2.34. The molecular weight excluding hydrogens is 629 g/mol. The highest BCUT2D eigenvalue weighted by Crippen LogP contribution is 2.31. The Balaban J connectivity index is 1.36. The Hall–Kier alpha value is -3.03. The standard InChI is InChI=1S/C27H38N8O6S3/c1-5-34(44(40,41)31(2)3)14-11-32(4)20-25-24(10-17-42-25)21-6-8-23(9-7-21)43(38,39)35-15-12-33(13-16-35)27-28-18-22(19-29-27)26(36)30-37/h6-10,17-19,37H,5,11-16,20H2,1-4H3,(H,30,36). The van der Waals surface area contributed by atoms with Gasteiger partial charge < -0.3 is 4.90 Å². The highest BCUT2D eigenvalue weighted by atomic mass is 32.2. The van der Waals surface area contributed by atoms with Crippen molar-refractivity contribution in [1.29, 1.82) is 0 Å². The molecule has 240 valence electrons. The predicted molar refractivity (Wildman–Crippen MR) is 168 cm³/mol. The monoisotopic (exact) mass is 666 g/mol. The third-order valence-corrected chi connectivity index (χ3v) is 12.2. The van der Waals surface area contributed by atoms with Crippen LogP contribution in [0.1, 0.15) is 22.2 Å². The number of nitrogens with zero attached hydrogens (tertiary/aromatic N) is 7. The number of hydroxylamine groups is 1. The number of thiophene rings is 1. The quantitative estimate of drug-likeness (QED) is 0.202. The zero-order valence-corrected chi connectivity index (χ0v) is 27.6. The van der Waals surface area contributed by atoms with Gasteiger partial charge in [-0.1, -0.05) is 19.1 Å². The summed E-state index contributed by atoms with van der Waals surface area (Å²) in [4.78, 5) is 25.0. The first kappa shape index (κ1) is 33.9.